The highest BCUT2D eigenvalue weighted by molar-refractivity contribution is 5.88. The fourth-order valence-electron chi connectivity index (χ4n) is 5.68. The summed E-state index contributed by atoms with van der Waals surface area (Å²) in [6.45, 7) is 18.7. The highest BCUT2D eigenvalue weighted by Crippen LogP contribution is 2.54. The Kier molecular flexibility index (Phi) is 5.90. The first-order valence-electron chi connectivity index (χ1n) is 12.2. The van der Waals surface area contributed by atoms with Gasteiger partial charge in [0.2, 0.25) is 0 Å². The molecular formula is C31H36F3N. The van der Waals surface area contributed by atoms with Crippen molar-refractivity contribution in [2.45, 2.75) is 85.5 Å². The number of nitrogens with zero attached hydrogens (tertiary/aromatic N) is 1. The van der Waals surface area contributed by atoms with E-state index in [-0.39, 0.29) is 5.41 Å². The second kappa shape index (κ2) is 8.15. The second-order valence-electron chi connectivity index (χ2n) is 12.0. The molecule has 0 spiro atoms. The summed E-state index contributed by atoms with van der Waals surface area (Å²) in [4.78, 5) is 2.21. The Morgan fingerprint density at radius 2 is 1.31 bits per heavy atom. The number of halogens is 3. The first-order chi connectivity index (χ1) is 16.0. The second-order valence-corrected chi connectivity index (χ2v) is 12.0. The van der Waals surface area contributed by atoms with E-state index in [4.69, 9.17) is 0 Å². The average molecular weight is 480 g/mol. The zero-order chi connectivity index (χ0) is 26.1. The topological polar surface area (TPSA) is 3.24 Å². The van der Waals surface area contributed by atoms with Gasteiger partial charge in [0.05, 0.1) is 11.6 Å². The summed E-state index contributed by atoms with van der Waals surface area (Å²) in [6.07, 6.45) is -4.46. The average Bonchev–Trinajstić information content (AvgIpc) is 2.69. The summed E-state index contributed by atoms with van der Waals surface area (Å²) in [7, 11) is 0. The summed E-state index contributed by atoms with van der Waals surface area (Å²) in [5, 5.41) is 0. The minimum Gasteiger partial charge on any atom is -0.355 e. The van der Waals surface area contributed by atoms with Crippen molar-refractivity contribution < 1.29 is 13.2 Å². The van der Waals surface area contributed by atoms with Crippen LogP contribution in [0.25, 0.3) is 11.1 Å². The molecule has 0 N–H and O–H groups in total. The molecule has 1 atom stereocenters. The van der Waals surface area contributed by atoms with Crippen molar-refractivity contribution >= 4 is 5.69 Å². The number of fused-ring (bicyclic) bond motifs is 3. The van der Waals surface area contributed by atoms with Crippen LogP contribution < -0.4 is 4.90 Å². The van der Waals surface area contributed by atoms with E-state index in [1.807, 2.05) is 26.8 Å². The fraction of sp³-hybridized carbons (Fsp3) is 0.419. The van der Waals surface area contributed by atoms with Crippen LogP contribution in [0.4, 0.5) is 18.9 Å². The van der Waals surface area contributed by atoms with Gasteiger partial charge in [0.15, 0.2) is 0 Å². The molecule has 4 heteroatoms. The zero-order valence-electron chi connectivity index (χ0n) is 22.3. The maximum atomic E-state index is 14.6. The van der Waals surface area contributed by atoms with E-state index in [2.05, 4.69) is 76.8 Å². The van der Waals surface area contributed by atoms with Gasteiger partial charge in [-0.25, -0.2) is 0 Å². The van der Waals surface area contributed by atoms with Crippen molar-refractivity contribution in [2.24, 2.45) is 0 Å². The highest BCUT2D eigenvalue weighted by Gasteiger charge is 2.45. The molecule has 0 amide bonds. The van der Waals surface area contributed by atoms with Crippen LogP contribution in [0.3, 0.4) is 0 Å². The maximum absolute atomic E-state index is 14.6. The van der Waals surface area contributed by atoms with Crippen LogP contribution in [-0.4, -0.2) is 5.54 Å². The van der Waals surface area contributed by atoms with Gasteiger partial charge in [-0.3, -0.25) is 0 Å². The summed E-state index contributed by atoms with van der Waals surface area (Å²) in [5.41, 5.74) is 6.96. The Hall–Kier alpha value is -2.75. The monoisotopic (exact) mass is 479 g/mol. The van der Waals surface area contributed by atoms with Crippen LogP contribution in [-0.2, 0) is 11.6 Å². The molecule has 0 fully saturated rings. The third-order valence-corrected chi connectivity index (χ3v) is 7.09. The molecular weight excluding hydrogens is 443 g/mol. The molecule has 3 aromatic carbocycles. The number of hydrogen-bond donors (Lipinski definition) is 0. The number of hydrogen-bond acceptors (Lipinski definition) is 1. The minimum absolute atomic E-state index is 0.121. The molecule has 35 heavy (non-hydrogen) atoms. The van der Waals surface area contributed by atoms with Crippen LogP contribution in [0, 0.1) is 20.8 Å². The van der Waals surface area contributed by atoms with Gasteiger partial charge in [0.25, 0.3) is 0 Å². The normalized spacial score (nSPS) is 16.2. The van der Waals surface area contributed by atoms with E-state index in [9.17, 15) is 13.2 Å². The summed E-state index contributed by atoms with van der Waals surface area (Å²) in [6, 6.07) is 14.6. The molecule has 0 aliphatic carbocycles. The lowest BCUT2D eigenvalue weighted by molar-refractivity contribution is -0.138. The molecule has 0 radical (unpaired) electrons. The van der Waals surface area contributed by atoms with E-state index in [0.29, 0.717) is 11.1 Å². The number of rotatable bonds is 1. The summed E-state index contributed by atoms with van der Waals surface area (Å²) in [5.74, 6) is 0. The van der Waals surface area contributed by atoms with Gasteiger partial charge in [-0.1, -0.05) is 56.7 Å². The van der Waals surface area contributed by atoms with Gasteiger partial charge in [0.1, 0.15) is 0 Å². The van der Waals surface area contributed by atoms with Crippen molar-refractivity contribution in [1.29, 1.82) is 0 Å². The van der Waals surface area contributed by atoms with Gasteiger partial charge < -0.3 is 4.90 Å². The number of benzene rings is 3. The Balaban J connectivity index is 2.19. The van der Waals surface area contributed by atoms with E-state index in [1.165, 1.54) is 6.07 Å². The molecule has 1 heterocycles. The lowest BCUT2D eigenvalue weighted by Crippen LogP contribution is -2.47. The van der Waals surface area contributed by atoms with Crippen molar-refractivity contribution in [2.75, 3.05) is 4.90 Å². The molecule has 1 aliphatic rings. The summed E-state index contributed by atoms with van der Waals surface area (Å²) < 4.78 is 43.7. The molecule has 0 aromatic heterocycles. The first kappa shape index (κ1) is 25.3. The molecule has 0 saturated carbocycles. The third-order valence-electron chi connectivity index (χ3n) is 7.09. The molecule has 1 aliphatic heterocycles. The molecule has 1 nitrogen and oxygen atoms in total. The van der Waals surface area contributed by atoms with E-state index >= 15 is 0 Å². The molecule has 3 aromatic rings. The Morgan fingerprint density at radius 3 is 1.83 bits per heavy atom. The van der Waals surface area contributed by atoms with Crippen LogP contribution in [0.5, 0.6) is 0 Å². The van der Waals surface area contributed by atoms with Gasteiger partial charge >= 0.3 is 6.18 Å². The quantitative estimate of drug-likeness (QED) is 0.336. The van der Waals surface area contributed by atoms with Crippen LogP contribution in [0.1, 0.15) is 86.5 Å². The zero-order valence-corrected chi connectivity index (χ0v) is 22.3. The predicted octanol–water partition coefficient (Wildman–Crippen LogP) is 9.30. The van der Waals surface area contributed by atoms with Crippen molar-refractivity contribution in [3.05, 3.63) is 87.5 Å². The van der Waals surface area contributed by atoms with Crippen LogP contribution in [0.15, 0.2) is 48.5 Å². The summed E-state index contributed by atoms with van der Waals surface area (Å²) >= 11 is 0. The number of alkyl halides is 3. The van der Waals surface area contributed by atoms with Crippen molar-refractivity contribution in [1.82, 2.24) is 0 Å². The van der Waals surface area contributed by atoms with Crippen molar-refractivity contribution in [3.8, 4) is 11.1 Å². The van der Waals surface area contributed by atoms with E-state index in [1.54, 1.807) is 6.07 Å². The highest BCUT2D eigenvalue weighted by atomic mass is 19.4. The Morgan fingerprint density at radius 1 is 0.714 bits per heavy atom. The lowest BCUT2D eigenvalue weighted by atomic mass is 9.76. The maximum Gasteiger partial charge on any atom is 0.416 e. The third kappa shape index (κ3) is 4.37. The first-order valence-corrected chi connectivity index (χ1v) is 12.2. The lowest BCUT2D eigenvalue weighted by Gasteiger charge is -2.50. The standard InChI is InChI=1S/C31H36F3N/c1-18-15-19(2)26(20(3)16-18)28-27-22(11-10-12-24(27)31(32,33)34)23-17-21(29(4,5)6)13-14-25(23)35(28)30(7,8)9/h10-17,28H,1-9H3. The minimum atomic E-state index is -4.46. The van der Waals surface area contributed by atoms with E-state index in [0.717, 1.165) is 39.1 Å². The van der Waals surface area contributed by atoms with Gasteiger partial charge in [-0.15, -0.1) is 0 Å². The molecule has 0 saturated heterocycles. The molecule has 186 valence electrons. The van der Waals surface area contributed by atoms with E-state index < -0.39 is 23.3 Å². The molecule has 4 rings (SSSR count). The van der Waals surface area contributed by atoms with Crippen molar-refractivity contribution in [3.63, 3.8) is 0 Å². The Labute approximate surface area is 208 Å². The fourth-order valence-corrected chi connectivity index (χ4v) is 5.68. The van der Waals surface area contributed by atoms with Gasteiger partial charge in [0, 0.05) is 16.8 Å². The van der Waals surface area contributed by atoms with Gasteiger partial charge in [-0.05, 0) is 98.5 Å². The van der Waals surface area contributed by atoms with Crippen LogP contribution in [0.2, 0.25) is 0 Å². The predicted molar refractivity (Wildman–Crippen MR) is 140 cm³/mol. The van der Waals surface area contributed by atoms with Crippen LogP contribution >= 0.6 is 0 Å². The Bertz CT molecular complexity index is 1260. The number of aryl methyl sites for hydroxylation is 3. The largest absolute Gasteiger partial charge is 0.416 e. The molecule has 0 bridgehead atoms. The SMILES string of the molecule is Cc1cc(C)c(C2c3c(cccc3C(F)(F)F)-c3cc(C(C)(C)C)ccc3N2C(C)(C)C)c(C)c1. The smallest absolute Gasteiger partial charge is 0.355 e. The number of anilines is 1. The molecule has 1 unspecified atom stereocenters. The van der Waals surface area contributed by atoms with Gasteiger partial charge in [-0.2, -0.15) is 13.2 Å².